The van der Waals surface area contributed by atoms with Gasteiger partial charge >= 0.3 is 6.18 Å². The third kappa shape index (κ3) is 5.60. The molecule has 37 heavy (non-hydrogen) atoms. The van der Waals surface area contributed by atoms with Crippen molar-refractivity contribution in [1.29, 1.82) is 0 Å². The maximum absolute atomic E-state index is 13.7. The Labute approximate surface area is 219 Å². The van der Waals surface area contributed by atoms with E-state index in [1.807, 2.05) is 6.92 Å². The van der Waals surface area contributed by atoms with Gasteiger partial charge in [0, 0.05) is 38.4 Å². The first-order valence-electron chi connectivity index (χ1n) is 12.8. The minimum absolute atomic E-state index is 0.00503. The number of H-pyrrole nitrogens is 1. The average Bonchev–Trinajstić information content (AvgIpc) is 3.31. The van der Waals surface area contributed by atoms with Crippen LogP contribution in [0.1, 0.15) is 50.2 Å². The molecule has 1 unspecified atom stereocenters. The zero-order valence-corrected chi connectivity index (χ0v) is 21.5. The van der Waals surface area contributed by atoms with Gasteiger partial charge in [-0.1, -0.05) is 30.9 Å². The minimum atomic E-state index is -4.45. The van der Waals surface area contributed by atoms with E-state index < -0.39 is 11.7 Å². The fraction of sp³-hybridized carbons (Fsp3) is 0.538. The molecule has 0 amide bonds. The second-order valence-corrected chi connectivity index (χ2v) is 10.6. The van der Waals surface area contributed by atoms with Crippen molar-refractivity contribution in [3.05, 3.63) is 40.5 Å². The van der Waals surface area contributed by atoms with Crippen molar-refractivity contribution in [2.24, 2.45) is 5.92 Å². The second-order valence-electron chi connectivity index (χ2n) is 10.2. The van der Waals surface area contributed by atoms with E-state index >= 15 is 0 Å². The molecule has 7 nitrogen and oxygen atoms in total. The zero-order chi connectivity index (χ0) is 26.2. The summed E-state index contributed by atoms with van der Waals surface area (Å²) in [6, 6.07) is 4.04. The number of hydrogen-bond acceptors (Lipinski definition) is 6. The van der Waals surface area contributed by atoms with Crippen LogP contribution in [0.25, 0.3) is 11.0 Å². The largest absolute Gasteiger partial charge is 0.416 e. The molecule has 1 saturated carbocycles. The van der Waals surface area contributed by atoms with Gasteiger partial charge in [0.15, 0.2) is 0 Å². The van der Waals surface area contributed by atoms with Gasteiger partial charge in [-0.15, -0.1) is 0 Å². The maximum atomic E-state index is 13.7. The summed E-state index contributed by atoms with van der Waals surface area (Å²) in [6.45, 7) is 4.39. The number of pyridine rings is 1. The van der Waals surface area contributed by atoms with Gasteiger partial charge in [0.05, 0.1) is 28.4 Å². The first-order chi connectivity index (χ1) is 17.7. The number of aliphatic hydroxyl groups is 1. The van der Waals surface area contributed by atoms with Gasteiger partial charge in [-0.25, -0.2) is 9.97 Å². The van der Waals surface area contributed by atoms with E-state index in [-0.39, 0.29) is 12.6 Å². The summed E-state index contributed by atoms with van der Waals surface area (Å²) in [5.41, 5.74) is 1.27. The normalized spacial score (nSPS) is 19.6. The fourth-order valence-corrected chi connectivity index (χ4v) is 5.75. The van der Waals surface area contributed by atoms with E-state index in [9.17, 15) is 18.3 Å². The van der Waals surface area contributed by atoms with Crippen LogP contribution >= 0.6 is 11.6 Å². The Hall–Kier alpha value is -2.72. The number of aromatic nitrogens is 3. The zero-order valence-electron chi connectivity index (χ0n) is 20.8. The van der Waals surface area contributed by atoms with E-state index in [2.05, 4.69) is 25.1 Å². The fourth-order valence-electron chi connectivity index (χ4n) is 5.44. The standard InChI is InChI=1S/C26H32ClF3N6O/c1-16-14-35(24-20(27)9-18(15-37)13-32-24)7-8-36(16)25-33-22-11-19(26(28,29)30)10-21(23(22)34-25)31-12-17-5-3-2-4-6-17/h9-11,13,16-17,31,37H,2-8,12,14-15H2,1H3,(H,33,34). The number of hydrogen-bond donors (Lipinski definition) is 3. The van der Waals surface area contributed by atoms with Crippen LogP contribution in [0.15, 0.2) is 24.4 Å². The highest BCUT2D eigenvalue weighted by molar-refractivity contribution is 6.33. The molecule has 200 valence electrons. The number of nitrogens with one attached hydrogen (secondary N) is 2. The van der Waals surface area contributed by atoms with Crippen molar-refractivity contribution >= 4 is 40.1 Å². The number of rotatable bonds is 6. The average molecular weight is 537 g/mol. The Morgan fingerprint density at radius 3 is 2.62 bits per heavy atom. The molecular weight excluding hydrogens is 505 g/mol. The van der Waals surface area contributed by atoms with E-state index in [1.54, 1.807) is 12.3 Å². The number of imidazole rings is 1. The molecule has 1 aliphatic carbocycles. The summed E-state index contributed by atoms with van der Waals surface area (Å²) in [4.78, 5) is 16.5. The first kappa shape index (κ1) is 25.9. The number of aliphatic hydroxyl groups excluding tert-OH is 1. The highest BCUT2D eigenvalue weighted by Crippen LogP contribution is 2.37. The van der Waals surface area contributed by atoms with Crippen LogP contribution in [0.4, 0.5) is 30.6 Å². The lowest BCUT2D eigenvalue weighted by molar-refractivity contribution is -0.137. The summed E-state index contributed by atoms with van der Waals surface area (Å²) < 4.78 is 41.1. The van der Waals surface area contributed by atoms with E-state index in [0.717, 1.165) is 18.9 Å². The van der Waals surface area contributed by atoms with Gasteiger partial charge in [-0.05, 0) is 49.4 Å². The molecule has 3 heterocycles. The van der Waals surface area contributed by atoms with E-state index in [0.29, 0.717) is 71.2 Å². The molecule has 3 aromatic rings. The molecule has 2 fully saturated rings. The molecular formula is C26H32ClF3N6O. The van der Waals surface area contributed by atoms with E-state index in [4.69, 9.17) is 16.6 Å². The Kier molecular flexibility index (Phi) is 7.40. The summed E-state index contributed by atoms with van der Waals surface area (Å²) in [5, 5.41) is 13.1. The number of piperazine rings is 1. The van der Waals surface area contributed by atoms with Crippen molar-refractivity contribution < 1.29 is 18.3 Å². The van der Waals surface area contributed by atoms with Gasteiger partial charge in [0.25, 0.3) is 0 Å². The summed E-state index contributed by atoms with van der Waals surface area (Å²) in [5.74, 6) is 1.67. The molecule has 5 rings (SSSR count). The molecule has 1 atom stereocenters. The molecule has 1 saturated heterocycles. The van der Waals surface area contributed by atoms with Gasteiger partial charge in [0.1, 0.15) is 11.3 Å². The number of aromatic amines is 1. The van der Waals surface area contributed by atoms with Crippen molar-refractivity contribution in [2.45, 2.75) is 57.9 Å². The number of anilines is 3. The first-order valence-corrected chi connectivity index (χ1v) is 13.2. The van der Waals surface area contributed by atoms with E-state index in [1.165, 1.54) is 25.3 Å². The van der Waals surface area contributed by atoms with Crippen LogP contribution in [0.5, 0.6) is 0 Å². The second kappa shape index (κ2) is 10.6. The predicted molar refractivity (Wildman–Crippen MR) is 140 cm³/mol. The predicted octanol–water partition coefficient (Wildman–Crippen LogP) is 5.83. The van der Waals surface area contributed by atoms with Crippen LogP contribution in [-0.2, 0) is 12.8 Å². The third-order valence-corrected chi connectivity index (χ3v) is 7.75. The smallest absolute Gasteiger partial charge is 0.392 e. The summed E-state index contributed by atoms with van der Waals surface area (Å²) >= 11 is 6.40. The molecule has 0 radical (unpaired) electrons. The monoisotopic (exact) mass is 536 g/mol. The number of halogens is 4. The Morgan fingerprint density at radius 2 is 1.95 bits per heavy atom. The molecule has 2 aromatic heterocycles. The highest BCUT2D eigenvalue weighted by Gasteiger charge is 2.33. The maximum Gasteiger partial charge on any atom is 0.416 e. The lowest BCUT2D eigenvalue weighted by atomic mass is 9.89. The number of alkyl halides is 3. The van der Waals surface area contributed by atoms with Crippen molar-refractivity contribution in [3.8, 4) is 0 Å². The molecule has 11 heteroatoms. The van der Waals surface area contributed by atoms with Crippen LogP contribution in [0.2, 0.25) is 5.02 Å². The minimum Gasteiger partial charge on any atom is -0.392 e. The quantitative estimate of drug-likeness (QED) is 0.368. The van der Waals surface area contributed by atoms with Crippen molar-refractivity contribution in [3.63, 3.8) is 0 Å². The Balaban J connectivity index is 1.38. The molecule has 0 spiro atoms. The van der Waals surface area contributed by atoms with Gasteiger partial charge in [0.2, 0.25) is 5.95 Å². The lowest BCUT2D eigenvalue weighted by Crippen LogP contribution is -2.52. The number of fused-ring (bicyclic) bond motifs is 1. The van der Waals surface area contributed by atoms with Crippen LogP contribution < -0.4 is 15.1 Å². The van der Waals surface area contributed by atoms with Crippen LogP contribution in [-0.4, -0.2) is 52.3 Å². The SMILES string of the molecule is CC1CN(c2ncc(CO)cc2Cl)CCN1c1nc2c(NCC3CCCCC3)cc(C(F)(F)F)cc2[nH]1. The number of nitrogens with zero attached hydrogens (tertiary/aromatic N) is 4. The Morgan fingerprint density at radius 1 is 1.16 bits per heavy atom. The molecule has 0 bridgehead atoms. The Bertz CT molecular complexity index is 1240. The van der Waals surface area contributed by atoms with Crippen molar-refractivity contribution in [1.82, 2.24) is 15.0 Å². The van der Waals surface area contributed by atoms with Crippen LogP contribution in [0, 0.1) is 5.92 Å². The lowest BCUT2D eigenvalue weighted by Gasteiger charge is -2.40. The molecule has 2 aliphatic rings. The third-order valence-electron chi connectivity index (χ3n) is 7.47. The van der Waals surface area contributed by atoms with Gasteiger partial charge in [-0.2, -0.15) is 13.2 Å². The molecule has 1 aromatic carbocycles. The van der Waals surface area contributed by atoms with Gasteiger partial charge in [-0.3, -0.25) is 0 Å². The topological polar surface area (TPSA) is 80.3 Å². The summed E-state index contributed by atoms with van der Waals surface area (Å²) in [6.07, 6.45) is 2.94. The van der Waals surface area contributed by atoms with Crippen molar-refractivity contribution in [2.75, 3.05) is 41.3 Å². The number of benzene rings is 1. The van der Waals surface area contributed by atoms with Gasteiger partial charge < -0.3 is 25.2 Å². The highest BCUT2D eigenvalue weighted by atomic mass is 35.5. The molecule has 1 aliphatic heterocycles. The van der Waals surface area contributed by atoms with Crippen LogP contribution in [0.3, 0.4) is 0 Å². The molecule has 3 N–H and O–H groups in total. The summed E-state index contributed by atoms with van der Waals surface area (Å²) in [7, 11) is 0.